The maximum absolute atomic E-state index is 13.8. The third-order valence-corrected chi connectivity index (χ3v) is 2.34. The Kier molecular flexibility index (Phi) is 5.37. The molecule has 0 atom stereocenters. The number of hydrogen-bond acceptors (Lipinski definition) is 5. The van der Waals surface area contributed by atoms with Gasteiger partial charge in [-0.05, 0) is 6.07 Å². The Balaban J connectivity index is 3.18. The number of ether oxygens (including phenoxy) is 1. The molecule has 1 aromatic rings. The number of nitro groups is 1. The second-order valence-corrected chi connectivity index (χ2v) is 3.81. The molecule has 110 valence electrons. The fraction of sp³-hybridized carbons (Fsp3) is 0.231. The zero-order valence-corrected chi connectivity index (χ0v) is 11.2. The summed E-state index contributed by atoms with van der Waals surface area (Å²) < 4.78 is 18.1. The highest BCUT2D eigenvalue weighted by Gasteiger charge is 2.23. The van der Waals surface area contributed by atoms with Crippen molar-refractivity contribution in [3.63, 3.8) is 0 Å². The molecule has 0 bridgehead atoms. The second-order valence-electron chi connectivity index (χ2n) is 3.81. The molecule has 0 aliphatic carbocycles. The lowest BCUT2D eigenvalue weighted by molar-refractivity contribution is -0.385. The Morgan fingerprint density at radius 3 is 2.67 bits per heavy atom. The first-order valence-corrected chi connectivity index (χ1v) is 5.66. The van der Waals surface area contributed by atoms with Gasteiger partial charge in [0, 0.05) is 13.0 Å². The first-order chi connectivity index (χ1) is 9.86. The zero-order chi connectivity index (χ0) is 16.0. The number of rotatable bonds is 3. The number of carbonyl (C=O) groups excluding carboxylic acids is 2. The molecule has 1 rings (SSSR count). The van der Waals surface area contributed by atoms with E-state index < -0.39 is 28.0 Å². The summed E-state index contributed by atoms with van der Waals surface area (Å²) in [7, 11) is 1.03. The van der Waals surface area contributed by atoms with Gasteiger partial charge in [-0.3, -0.25) is 14.9 Å². The Labute approximate surface area is 119 Å². The highest BCUT2D eigenvalue weighted by Crippen LogP contribution is 2.23. The molecule has 1 N–H and O–H groups in total. The van der Waals surface area contributed by atoms with E-state index >= 15 is 0 Å². The fourth-order valence-electron chi connectivity index (χ4n) is 1.39. The van der Waals surface area contributed by atoms with Gasteiger partial charge in [0.1, 0.15) is 11.4 Å². The molecule has 0 radical (unpaired) electrons. The van der Waals surface area contributed by atoms with Gasteiger partial charge in [0.2, 0.25) is 5.91 Å². The van der Waals surface area contributed by atoms with Crippen LogP contribution in [0.1, 0.15) is 22.8 Å². The van der Waals surface area contributed by atoms with Crippen LogP contribution in [0.25, 0.3) is 0 Å². The van der Waals surface area contributed by atoms with Crippen LogP contribution in [-0.2, 0) is 9.53 Å². The van der Waals surface area contributed by atoms with Crippen molar-refractivity contribution in [1.82, 2.24) is 5.32 Å². The van der Waals surface area contributed by atoms with Crippen molar-refractivity contribution in [2.45, 2.75) is 6.92 Å². The Morgan fingerprint density at radius 2 is 2.14 bits per heavy atom. The van der Waals surface area contributed by atoms with Gasteiger partial charge in [0.05, 0.1) is 24.1 Å². The average Bonchev–Trinajstić information content (AvgIpc) is 2.43. The smallest absolute Gasteiger partial charge is 0.344 e. The van der Waals surface area contributed by atoms with E-state index in [0.29, 0.717) is 6.07 Å². The number of hydrogen-bond donors (Lipinski definition) is 1. The predicted molar refractivity (Wildman–Crippen MR) is 70.0 cm³/mol. The maximum Gasteiger partial charge on any atom is 0.344 e. The number of benzene rings is 1. The average molecular weight is 294 g/mol. The summed E-state index contributed by atoms with van der Waals surface area (Å²) in [6.07, 6.45) is 0. The first kappa shape index (κ1) is 16.1. The van der Waals surface area contributed by atoms with E-state index in [0.717, 1.165) is 13.2 Å². The maximum atomic E-state index is 13.8. The van der Waals surface area contributed by atoms with Gasteiger partial charge in [0.15, 0.2) is 0 Å². The Morgan fingerprint density at radius 1 is 1.48 bits per heavy atom. The van der Waals surface area contributed by atoms with Crippen molar-refractivity contribution in [2.24, 2.45) is 0 Å². The third kappa shape index (κ3) is 4.28. The van der Waals surface area contributed by atoms with E-state index in [-0.39, 0.29) is 18.0 Å². The van der Waals surface area contributed by atoms with E-state index in [4.69, 9.17) is 0 Å². The molecule has 21 heavy (non-hydrogen) atoms. The lowest BCUT2D eigenvalue weighted by atomic mass is 10.1. The van der Waals surface area contributed by atoms with Crippen LogP contribution in [0.5, 0.6) is 0 Å². The molecule has 0 fully saturated rings. The van der Waals surface area contributed by atoms with E-state index in [1.165, 1.54) is 6.92 Å². The molecule has 0 saturated carbocycles. The van der Waals surface area contributed by atoms with E-state index in [9.17, 15) is 24.1 Å². The summed E-state index contributed by atoms with van der Waals surface area (Å²) in [5.74, 6) is 2.58. The summed E-state index contributed by atoms with van der Waals surface area (Å²) in [6, 6.07) is 1.55. The minimum Gasteiger partial charge on any atom is -0.465 e. The van der Waals surface area contributed by atoms with Gasteiger partial charge in [-0.15, -0.1) is 0 Å². The Hall–Kier alpha value is -2.95. The number of methoxy groups -OCH3 is 1. The quantitative estimate of drug-likeness (QED) is 0.388. The van der Waals surface area contributed by atoms with Gasteiger partial charge in [0.25, 0.3) is 5.69 Å². The lowest BCUT2D eigenvalue weighted by Crippen LogP contribution is -2.19. The molecule has 0 aliphatic heterocycles. The molecule has 0 aliphatic rings. The van der Waals surface area contributed by atoms with Crippen molar-refractivity contribution in [3.8, 4) is 11.8 Å². The molecule has 0 saturated heterocycles. The molecule has 0 unspecified atom stereocenters. The van der Waals surface area contributed by atoms with Crippen LogP contribution >= 0.6 is 0 Å². The van der Waals surface area contributed by atoms with Crippen LogP contribution in [0.15, 0.2) is 12.1 Å². The highest BCUT2D eigenvalue weighted by molar-refractivity contribution is 5.94. The van der Waals surface area contributed by atoms with E-state index in [1.54, 1.807) is 0 Å². The summed E-state index contributed by atoms with van der Waals surface area (Å²) >= 11 is 0. The van der Waals surface area contributed by atoms with E-state index in [1.807, 2.05) is 0 Å². The molecular formula is C13H11FN2O5. The molecule has 0 spiro atoms. The molecular weight excluding hydrogens is 283 g/mol. The van der Waals surface area contributed by atoms with Crippen LogP contribution in [0, 0.1) is 27.8 Å². The minimum absolute atomic E-state index is 0.0265. The number of carbonyl (C=O) groups is 2. The summed E-state index contributed by atoms with van der Waals surface area (Å²) in [6.45, 7) is 1.26. The second kappa shape index (κ2) is 7.00. The number of nitro benzene ring substituents is 1. The predicted octanol–water partition coefficient (Wildman–Crippen LogP) is 1.01. The summed E-state index contributed by atoms with van der Waals surface area (Å²) in [5, 5.41) is 13.3. The van der Waals surface area contributed by atoms with Crippen molar-refractivity contribution in [3.05, 3.63) is 39.2 Å². The van der Waals surface area contributed by atoms with Crippen LogP contribution in [0.4, 0.5) is 10.1 Å². The largest absolute Gasteiger partial charge is 0.465 e. The lowest BCUT2D eigenvalue weighted by Gasteiger charge is -2.03. The molecule has 0 aromatic heterocycles. The number of nitrogens with zero attached hydrogens (tertiary/aromatic N) is 1. The van der Waals surface area contributed by atoms with Gasteiger partial charge in [-0.1, -0.05) is 11.8 Å². The van der Waals surface area contributed by atoms with Crippen molar-refractivity contribution < 1.29 is 23.6 Å². The summed E-state index contributed by atoms with van der Waals surface area (Å²) in [5.41, 5.74) is -1.35. The van der Waals surface area contributed by atoms with Crippen LogP contribution < -0.4 is 5.32 Å². The van der Waals surface area contributed by atoms with Crippen molar-refractivity contribution in [2.75, 3.05) is 13.7 Å². The Bertz CT molecular complexity index is 661. The highest BCUT2D eigenvalue weighted by atomic mass is 19.1. The minimum atomic E-state index is -1.02. The number of halogens is 1. The van der Waals surface area contributed by atoms with E-state index in [2.05, 4.69) is 21.9 Å². The van der Waals surface area contributed by atoms with Gasteiger partial charge >= 0.3 is 5.97 Å². The number of amides is 1. The monoisotopic (exact) mass is 294 g/mol. The van der Waals surface area contributed by atoms with Crippen molar-refractivity contribution >= 4 is 17.6 Å². The van der Waals surface area contributed by atoms with Gasteiger partial charge < -0.3 is 10.1 Å². The molecule has 0 heterocycles. The van der Waals surface area contributed by atoms with Gasteiger partial charge in [-0.25, -0.2) is 9.18 Å². The third-order valence-electron chi connectivity index (χ3n) is 2.34. The van der Waals surface area contributed by atoms with Crippen LogP contribution in [-0.4, -0.2) is 30.5 Å². The van der Waals surface area contributed by atoms with Gasteiger partial charge in [-0.2, -0.15) is 0 Å². The molecule has 8 heteroatoms. The van der Waals surface area contributed by atoms with Crippen LogP contribution in [0.3, 0.4) is 0 Å². The standard InChI is InChI=1S/C13H11FN2O5/c1-8(17)15-5-3-4-9-6-12(16(19)20)10(7-11(9)14)13(18)21-2/h6-7H,5H2,1-2H3,(H,15,17). The normalized spacial score (nSPS) is 9.29. The topological polar surface area (TPSA) is 98.5 Å². The summed E-state index contributed by atoms with van der Waals surface area (Å²) in [4.78, 5) is 32.1. The zero-order valence-electron chi connectivity index (χ0n) is 11.2. The first-order valence-electron chi connectivity index (χ1n) is 5.66. The fourth-order valence-corrected chi connectivity index (χ4v) is 1.39. The SMILES string of the molecule is COC(=O)c1cc(F)c(C#CCNC(C)=O)cc1[N+](=O)[O-]. The van der Waals surface area contributed by atoms with Crippen molar-refractivity contribution in [1.29, 1.82) is 0 Å². The van der Waals surface area contributed by atoms with Crippen LogP contribution in [0.2, 0.25) is 0 Å². The molecule has 7 nitrogen and oxygen atoms in total. The number of nitrogens with one attached hydrogen (secondary N) is 1. The molecule has 1 amide bonds. The molecule has 1 aromatic carbocycles. The number of esters is 1.